The third kappa shape index (κ3) is 2.24. The molecule has 1 aliphatic rings. The molecule has 1 atom stereocenters. The maximum absolute atomic E-state index is 5.70. The van der Waals surface area contributed by atoms with Crippen molar-refractivity contribution in [2.75, 3.05) is 6.61 Å². The number of nitrogens with two attached hydrogens (primary N) is 1. The van der Waals surface area contributed by atoms with Crippen LogP contribution in [0, 0.1) is 6.92 Å². The SMILES string of the molecule is Cc1c(CN)cnn1CC1CCOc2ccccc21. The molecule has 0 aliphatic carbocycles. The summed E-state index contributed by atoms with van der Waals surface area (Å²) >= 11 is 0. The number of ether oxygens (including phenoxy) is 1. The molecular weight excluding hydrogens is 238 g/mol. The third-order valence-corrected chi connectivity index (χ3v) is 3.90. The Balaban J connectivity index is 1.86. The van der Waals surface area contributed by atoms with E-state index in [-0.39, 0.29) is 0 Å². The molecule has 100 valence electrons. The molecule has 3 rings (SSSR count). The van der Waals surface area contributed by atoms with E-state index in [0.29, 0.717) is 12.5 Å². The normalized spacial score (nSPS) is 17.9. The summed E-state index contributed by atoms with van der Waals surface area (Å²) in [5, 5.41) is 4.45. The minimum atomic E-state index is 0.467. The van der Waals surface area contributed by atoms with Crippen LogP contribution in [0.15, 0.2) is 30.5 Å². The molecule has 1 aliphatic heterocycles. The summed E-state index contributed by atoms with van der Waals surface area (Å²) in [4.78, 5) is 0. The largest absolute Gasteiger partial charge is 0.493 e. The average Bonchev–Trinajstić information content (AvgIpc) is 2.80. The number of benzene rings is 1. The summed E-state index contributed by atoms with van der Waals surface area (Å²) in [7, 11) is 0. The molecule has 2 N–H and O–H groups in total. The lowest BCUT2D eigenvalue weighted by molar-refractivity contribution is 0.256. The van der Waals surface area contributed by atoms with Gasteiger partial charge in [0, 0.05) is 30.3 Å². The Labute approximate surface area is 113 Å². The maximum Gasteiger partial charge on any atom is 0.122 e. The van der Waals surface area contributed by atoms with Gasteiger partial charge in [0.15, 0.2) is 0 Å². The van der Waals surface area contributed by atoms with Crippen molar-refractivity contribution in [1.82, 2.24) is 9.78 Å². The average molecular weight is 257 g/mol. The van der Waals surface area contributed by atoms with E-state index < -0.39 is 0 Å². The van der Waals surface area contributed by atoms with Crippen LogP contribution in [0.4, 0.5) is 0 Å². The second kappa shape index (κ2) is 5.05. The lowest BCUT2D eigenvalue weighted by atomic mass is 9.93. The van der Waals surface area contributed by atoms with Gasteiger partial charge in [-0.25, -0.2) is 0 Å². The van der Waals surface area contributed by atoms with Crippen LogP contribution < -0.4 is 10.5 Å². The van der Waals surface area contributed by atoms with Crippen LogP contribution in [0.1, 0.15) is 29.2 Å². The van der Waals surface area contributed by atoms with E-state index in [1.165, 1.54) is 11.3 Å². The van der Waals surface area contributed by atoms with Crippen LogP contribution in [0.5, 0.6) is 5.75 Å². The Hall–Kier alpha value is -1.81. The van der Waals surface area contributed by atoms with E-state index in [0.717, 1.165) is 30.9 Å². The second-order valence-electron chi connectivity index (χ2n) is 5.01. The number of aromatic nitrogens is 2. The molecule has 0 saturated heterocycles. The van der Waals surface area contributed by atoms with Crippen LogP contribution in [-0.2, 0) is 13.1 Å². The van der Waals surface area contributed by atoms with E-state index in [1.807, 2.05) is 18.3 Å². The molecule has 0 radical (unpaired) electrons. The fraction of sp³-hybridized carbons (Fsp3) is 0.400. The standard InChI is InChI=1S/C15H19N3O/c1-11-13(8-16)9-17-18(11)10-12-6-7-19-15-5-3-2-4-14(12)15/h2-5,9,12H,6-8,10,16H2,1H3. The van der Waals surface area contributed by atoms with E-state index >= 15 is 0 Å². The summed E-state index contributed by atoms with van der Waals surface area (Å²) in [6, 6.07) is 8.29. The number of nitrogens with zero attached hydrogens (tertiary/aromatic N) is 2. The summed E-state index contributed by atoms with van der Waals surface area (Å²) in [6.45, 7) is 4.31. The predicted molar refractivity (Wildman–Crippen MR) is 74.2 cm³/mol. The Morgan fingerprint density at radius 3 is 3.05 bits per heavy atom. The first-order valence-electron chi connectivity index (χ1n) is 6.72. The van der Waals surface area contributed by atoms with E-state index in [4.69, 9.17) is 10.5 Å². The van der Waals surface area contributed by atoms with Gasteiger partial charge in [-0.3, -0.25) is 4.68 Å². The molecule has 19 heavy (non-hydrogen) atoms. The van der Waals surface area contributed by atoms with E-state index in [1.54, 1.807) is 0 Å². The number of hydrogen-bond acceptors (Lipinski definition) is 3. The minimum Gasteiger partial charge on any atom is -0.493 e. The highest BCUT2D eigenvalue weighted by atomic mass is 16.5. The van der Waals surface area contributed by atoms with Crippen LogP contribution in [0.2, 0.25) is 0 Å². The first-order chi connectivity index (χ1) is 9.29. The Morgan fingerprint density at radius 1 is 1.42 bits per heavy atom. The Kier molecular flexibility index (Phi) is 3.25. The molecular formula is C15H19N3O. The lowest BCUT2D eigenvalue weighted by Gasteiger charge is -2.26. The van der Waals surface area contributed by atoms with Crippen LogP contribution in [0.3, 0.4) is 0 Å². The van der Waals surface area contributed by atoms with Crippen molar-refractivity contribution in [3.8, 4) is 5.75 Å². The summed E-state index contributed by atoms with van der Waals surface area (Å²) < 4.78 is 7.76. The molecule has 0 fully saturated rings. The van der Waals surface area contributed by atoms with Crippen molar-refractivity contribution < 1.29 is 4.74 Å². The molecule has 1 aromatic heterocycles. The van der Waals surface area contributed by atoms with Crippen LogP contribution >= 0.6 is 0 Å². The smallest absolute Gasteiger partial charge is 0.122 e. The van der Waals surface area contributed by atoms with Gasteiger partial charge in [0.1, 0.15) is 5.75 Å². The van der Waals surface area contributed by atoms with Crippen molar-refractivity contribution in [3.63, 3.8) is 0 Å². The molecule has 2 heterocycles. The van der Waals surface area contributed by atoms with E-state index in [2.05, 4.69) is 28.8 Å². The summed E-state index contributed by atoms with van der Waals surface area (Å²) in [5.41, 5.74) is 9.29. The quantitative estimate of drug-likeness (QED) is 0.917. The van der Waals surface area contributed by atoms with Gasteiger partial charge in [-0.2, -0.15) is 5.10 Å². The molecule has 1 aromatic carbocycles. The van der Waals surface area contributed by atoms with Gasteiger partial charge in [0.05, 0.1) is 12.8 Å². The molecule has 4 heteroatoms. The Morgan fingerprint density at radius 2 is 2.26 bits per heavy atom. The van der Waals surface area contributed by atoms with Crippen molar-refractivity contribution in [1.29, 1.82) is 0 Å². The fourth-order valence-corrected chi connectivity index (χ4v) is 2.68. The second-order valence-corrected chi connectivity index (χ2v) is 5.01. The highest BCUT2D eigenvalue weighted by Crippen LogP contribution is 2.34. The molecule has 0 saturated carbocycles. The third-order valence-electron chi connectivity index (χ3n) is 3.90. The molecule has 4 nitrogen and oxygen atoms in total. The van der Waals surface area contributed by atoms with Crippen molar-refractivity contribution in [2.45, 2.75) is 32.4 Å². The van der Waals surface area contributed by atoms with Gasteiger partial charge in [0.2, 0.25) is 0 Å². The lowest BCUT2D eigenvalue weighted by Crippen LogP contribution is -2.19. The molecule has 0 amide bonds. The first kappa shape index (κ1) is 12.2. The number of hydrogen-bond donors (Lipinski definition) is 1. The van der Waals surface area contributed by atoms with E-state index in [9.17, 15) is 0 Å². The highest BCUT2D eigenvalue weighted by Gasteiger charge is 2.22. The van der Waals surface area contributed by atoms with Gasteiger partial charge in [0.25, 0.3) is 0 Å². The van der Waals surface area contributed by atoms with Crippen LogP contribution in [-0.4, -0.2) is 16.4 Å². The Bertz CT molecular complexity index is 577. The molecule has 0 spiro atoms. The van der Waals surface area contributed by atoms with Gasteiger partial charge in [-0.05, 0) is 25.0 Å². The molecule has 1 unspecified atom stereocenters. The zero-order valence-electron chi connectivity index (χ0n) is 11.2. The number of rotatable bonds is 3. The van der Waals surface area contributed by atoms with Gasteiger partial charge in [-0.1, -0.05) is 18.2 Å². The van der Waals surface area contributed by atoms with Gasteiger partial charge in [-0.15, -0.1) is 0 Å². The molecule has 2 aromatic rings. The minimum absolute atomic E-state index is 0.467. The van der Waals surface area contributed by atoms with Crippen molar-refractivity contribution in [2.24, 2.45) is 5.73 Å². The van der Waals surface area contributed by atoms with Crippen molar-refractivity contribution in [3.05, 3.63) is 47.3 Å². The zero-order chi connectivity index (χ0) is 13.2. The monoisotopic (exact) mass is 257 g/mol. The zero-order valence-corrected chi connectivity index (χ0v) is 11.2. The number of fused-ring (bicyclic) bond motifs is 1. The predicted octanol–water partition coefficient (Wildman–Crippen LogP) is 2.22. The van der Waals surface area contributed by atoms with Gasteiger partial charge >= 0.3 is 0 Å². The molecule has 0 bridgehead atoms. The first-order valence-corrected chi connectivity index (χ1v) is 6.72. The van der Waals surface area contributed by atoms with Crippen LogP contribution in [0.25, 0.3) is 0 Å². The highest BCUT2D eigenvalue weighted by molar-refractivity contribution is 5.37. The fourth-order valence-electron chi connectivity index (χ4n) is 2.68. The van der Waals surface area contributed by atoms with Gasteiger partial charge < -0.3 is 10.5 Å². The summed E-state index contributed by atoms with van der Waals surface area (Å²) in [5.74, 6) is 1.48. The van der Waals surface area contributed by atoms with Crippen molar-refractivity contribution >= 4 is 0 Å². The maximum atomic E-state index is 5.70. The summed E-state index contributed by atoms with van der Waals surface area (Å²) in [6.07, 6.45) is 2.91. The topological polar surface area (TPSA) is 53.1 Å². The number of para-hydroxylation sites is 1.